The topological polar surface area (TPSA) is 129 Å². The van der Waals surface area contributed by atoms with Crippen LogP contribution in [-0.2, 0) is 26.5 Å². The molecular weight excluding hydrogens is 523 g/mol. The highest BCUT2D eigenvalue weighted by atomic mass is 32.2. The van der Waals surface area contributed by atoms with E-state index in [0.717, 1.165) is 30.5 Å². The molecule has 1 aliphatic rings. The second-order valence-corrected chi connectivity index (χ2v) is 10.5. The summed E-state index contributed by atoms with van der Waals surface area (Å²) in [5.74, 6) is -0.458. The maximum absolute atomic E-state index is 13.0. The van der Waals surface area contributed by atoms with Gasteiger partial charge < -0.3 is 16.0 Å². The summed E-state index contributed by atoms with van der Waals surface area (Å²) in [7, 11) is -3.54. The second-order valence-electron chi connectivity index (χ2n) is 8.77. The molecule has 0 radical (unpaired) electrons. The molecule has 1 fully saturated rings. The molecule has 9 nitrogen and oxygen atoms in total. The quantitative estimate of drug-likeness (QED) is 0.370. The van der Waals surface area contributed by atoms with Gasteiger partial charge in [-0.3, -0.25) is 14.5 Å². The van der Waals surface area contributed by atoms with Crippen molar-refractivity contribution < 1.29 is 31.2 Å². The Balaban J connectivity index is 1.60. The van der Waals surface area contributed by atoms with Crippen LogP contribution in [0.2, 0.25) is 0 Å². The molecule has 4 N–H and O–H groups in total. The Hall–Kier alpha value is -4.13. The van der Waals surface area contributed by atoms with Crippen molar-refractivity contribution in [1.82, 2.24) is 15.6 Å². The number of nitrogens with zero attached hydrogens (tertiary/aromatic N) is 1. The number of aromatic nitrogens is 1. The molecule has 1 aromatic heterocycles. The number of alkyl halides is 3. The molecule has 0 aliphatic carbocycles. The molecule has 2 heterocycles. The highest BCUT2D eigenvalue weighted by molar-refractivity contribution is 7.92. The lowest BCUT2D eigenvalue weighted by atomic mass is 9.83. The predicted octanol–water partition coefficient (Wildman–Crippen LogP) is 4.07. The minimum atomic E-state index is -4.51. The SMILES string of the molecule is CS(=O)(=O)Nc1ccccc1-c1ccc([C@]2(NC(=O)Nc3ccc(C(F)(F)F)cc3)CCCNC2=O)cn1. The van der Waals surface area contributed by atoms with Crippen molar-refractivity contribution in [2.24, 2.45) is 0 Å². The van der Waals surface area contributed by atoms with Gasteiger partial charge in [0.25, 0.3) is 5.91 Å². The van der Waals surface area contributed by atoms with Crippen LogP contribution >= 0.6 is 0 Å². The molecule has 1 atom stereocenters. The van der Waals surface area contributed by atoms with Crippen molar-refractivity contribution in [3.8, 4) is 11.3 Å². The smallest absolute Gasteiger partial charge is 0.354 e. The van der Waals surface area contributed by atoms with Crippen LogP contribution in [0.25, 0.3) is 11.3 Å². The largest absolute Gasteiger partial charge is 0.416 e. The molecule has 0 bridgehead atoms. The van der Waals surface area contributed by atoms with E-state index in [4.69, 9.17) is 0 Å². The molecule has 38 heavy (non-hydrogen) atoms. The van der Waals surface area contributed by atoms with Crippen LogP contribution in [-0.4, -0.2) is 38.1 Å². The van der Waals surface area contributed by atoms with Crippen LogP contribution in [0, 0.1) is 0 Å². The van der Waals surface area contributed by atoms with Gasteiger partial charge in [0.1, 0.15) is 5.54 Å². The van der Waals surface area contributed by atoms with Crippen LogP contribution in [0.5, 0.6) is 0 Å². The number of piperidine rings is 1. The fourth-order valence-electron chi connectivity index (χ4n) is 4.19. The number of carbonyl (C=O) groups excluding carboxylic acids is 2. The van der Waals surface area contributed by atoms with Crippen LogP contribution in [0.1, 0.15) is 24.0 Å². The van der Waals surface area contributed by atoms with E-state index in [9.17, 15) is 31.2 Å². The fourth-order valence-corrected chi connectivity index (χ4v) is 4.76. The Kier molecular flexibility index (Phi) is 7.31. The molecule has 4 rings (SSSR count). The number of pyridine rings is 1. The molecule has 3 aromatic rings. The van der Waals surface area contributed by atoms with Crippen molar-refractivity contribution in [2.75, 3.05) is 22.8 Å². The van der Waals surface area contributed by atoms with E-state index in [1.54, 1.807) is 36.4 Å². The lowest BCUT2D eigenvalue weighted by Crippen LogP contribution is -2.60. The Labute approximate surface area is 216 Å². The van der Waals surface area contributed by atoms with Crippen molar-refractivity contribution in [3.63, 3.8) is 0 Å². The van der Waals surface area contributed by atoms with Crippen LogP contribution < -0.4 is 20.7 Å². The lowest BCUT2D eigenvalue weighted by Gasteiger charge is -2.37. The highest BCUT2D eigenvalue weighted by Crippen LogP contribution is 2.33. The van der Waals surface area contributed by atoms with Gasteiger partial charge in [-0.05, 0) is 49.2 Å². The van der Waals surface area contributed by atoms with Gasteiger partial charge in [-0.2, -0.15) is 13.2 Å². The molecule has 2 aromatic carbocycles. The lowest BCUT2D eigenvalue weighted by molar-refractivity contribution is -0.137. The Morgan fingerprint density at radius 2 is 1.76 bits per heavy atom. The molecule has 0 saturated carbocycles. The molecule has 200 valence electrons. The summed E-state index contributed by atoms with van der Waals surface area (Å²) >= 11 is 0. The number of halogens is 3. The summed E-state index contributed by atoms with van der Waals surface area (Å²) in [6.07, 6.45) is -1.24. The first-order valence-corrected chi connectivity index (χ1v) is 13.3. The number of amides is 3. The van der Waals surface area contributed by atoms with Gasteiger partial charge in [0.05, 0.1) is 23.2 Å². The van der Waals surface area contributed by atoms with E-state index in [0.29, 0.717) is 35.5 Å². The molecular formula is C25H24F3N5O4S. The number of rotatable bonds is 6. The normalized spacial score (nSPS) is 17.8. The Morgan fingerprint density at radius 3 is 2.37 bits per heavy atom. The summed E-state index contributed by atoms with van der Waals surface area (Å²) in [6, 6.07) is 13.0. The van der Waals surface area contributed by atoms with Gasteiger partial charge in [0.15, 0.2) is 0 Å². The van der Waals surface area contributed by atoms with E-state index in [1.807, 2.05) is 0 Å². The summed E-state index contributed by atoms with van der Waals surface area (Å²) in [5.41, 5.74) is -0.564. The number of para-hydroxylation sites is 1. The van der Waals surface area contributed by atoms with E-state index in [-0.39, 0.29) is 12.1 Å². The summed E-state index contributed by atoms with van der Waals surface area (Å²) in [4.78, 5) is 30.3. The zero-order chi connectivity index (χ0) is 27.6. The van der Waals surface area contributed by atoms with Gasteiger partial charge in [0, 0.05) is 29.6 Å². The van der Waals surface area contributed by atoms with Crippen LogP contribution in [0.3, 0.4) is 0 Å². The number of nitrogens with one attached hydrogen (secondary N) is 4. The summed E-state index contributed by atoms with van der Waals surface area (Å²) < 4.78 is 64.4. The fraction of sp³-hybridized carbons (Fsp3) is 0.240. The Bertz CT molecular complexity index is 1450. The predicted molar refractivity (Wildman–Crippen MR) is 136 cm³/mol. The maximum Gasteiger partial charge on any atom is 0.416 e. The first kappa shape index (κ1) is 26.9. The summed E-state index contributed by atoms with van der Waals surface area (Å²) in [6.45, 7) is 0.416. The van der Waals surface area contributed by atoms with Gasteiger partial charge in [-0.25, -0.2) is 13.2 Å². The van der Waals surface area contributed by atoms with Gasteiger partial charge in [-0.1, -0.05) is 24.3 Å². The third-order valence-corrected chi connectivity index (χ3v) is 6.54. The Morgan fingerprint density at radius 1 is 1.05 bits per heavy atom. The summed E-state index contributed by atoms with van der Waals surface area (Å²) in [5, 5.41) is 7.88. The average Bonchev–Trinajstić information content (AvgIpc) is 2.85. The standard InChI is InChI=1S/C25H24F3N5O4S/c1-38(36,37)33-21-6-3-2-5-19(21)20-12-9-17(15-30-20)24(13-4-14-29-22(24)34)32-23(35)31-18-10-7-16(8-11-18)25(26,27)28/h2-3,5-12,15,33H,4,13-14H2,1H3,(H,29,34)(H2,31,32,35)/t24-/m1/s1. The zero-order valence-corrected chi connectivity index (χ0v) is 20.9. The van der Waals surface area contributed by atoms with Gasteiger partial charge >= 0.3 is 12.2 Å². The first-order valence-electron chi connectivity index (χ1n) is 11.5. The van der Waals surface area contributed by atoms with E-state index in [1.165, 1.54) is 6.20 Å². The number of urea groups is 1. The van der Waals surface area contributed by atoms with E-state index in [2.05, 4.69) is 25.7 Å². The van der Waals surface area contributed by atoms with E-state index >= 15 is 0 Å². The number of anilines is 2. The van der Waals surface area contributed by atoms with Gasteiger partial charge in [-0.15, -0.1) is 0 Å². The zero-order valence-electron chi connectivity index (χ0n) is 20.1. The van der Waals surface area contributed by atoms with Crippen molar-refractivity contribution in [3.05, 3.63) is 78.0 Å². The minimum Gasteiger partial charge on any atom is -0.354 e. The molecule has 0 spiro atoms. The maximum atomic E-state index is 13.0. The molecule has 3 amide bonds. The minimum absolute atomic E-state index is 0.116. The van der Waals surface area contributed by atoms with Crippen molar-refractivity contribution in [1.29, 1.82) is 0 Å². The third kappa shape index (κ3) is 6.05. The number of benzene rings is 2. The highest BCUT2D eigenvalue weighted by Gasteiger charge is 2.44. The van der Waals surface area contributed by atoms with Crippen LogP contribution in [0.4, 0.5) is 29.3 Å². The van der Waals surface area contributed by atoms with Crippen molar-refractivity contribution in [2.45, 2.75) is 24.6 Å². The second kappa shape index (κ2) is 10.3. The number of hydrogen-bond acceptors (Lipinski definition) is 5. The van der Waals surface area contributed by atoms with Crippen molar-refractivity contribution >= 4 is 33.3 Å². The number of hydrogen-bond donors (Lipinski definition) is 4. The first-order chi connectivity index (χ1) is 17.9. The number of carbonyl (C=O) groups is 2. The molecule has 0 unspecified atom stereocenters. The van der Waals surface area contributed by atoms with E-state index < -0.39 is 39.2 Å². The average molecular weight is 548 g/mol. The third-order valence-electron chi connectivity index (χ3n) is 5.95. The number of sulfonamides is 1. The van der Waals surface area contributed by atoms with Gasteiger partial charge in [0.2, 0.25) is 10.0 Å². The molecule has 13 heteroatoms. The van der Waals surface area contributed by atoms with Crippen LogP contribution in [0.15, 0.2) is 66.9 Å². The molecule has 1 saturated heterocycles. The molecule has 1 aliphatic heterocycles. The monoisotopic (exact) mass is 547 g/mol.